The maximum Gasteiger partial charge on any atom is 0.328 e. The monoisotopic (exact) mass is 313 g/mol. The van der Waals surface area contributed by atoms with Gasteiger partial charge in [-0.05, 0) is 37.8 Å². The van der Waals surface area contributed by atoms with Crippen LogP contribution in [0.5, 0.6) is 0 Å². The Morgan fingerprint density at radius 1 is 1.23 bits per heavy atom. The number of rotatable bonds is 7. The van der Waals surface area contributed by atoms with E-state index in [4.69, 9.17) is 4.74 Å². The van der Waals surface area contributed by atoms with Crippen molar-refractivity contribution in [3.63, 3.8) is 0 Å². The zero-order chi connectivity index (χ0) is 16.7. The predicted octanol–water partition coefficient (Wildman–Crippen LogP) is 3.06. The summed E-state index contributed by atoms with van der Waals surface area (Å²) in [5.74, 6) is -2.59. The number of carbonyl (C=O) groups excluding carboxylic acids is 2. The number of amides is 1. The molecule has 6 heteroatoms. The maximum atomic E-state index is 13.5. The third-order valence-electron chi connectivity index (χ3n) is 3.05. The summed E-state index contributed by atoms with van der Waals surface area (Å²) in [6.45, 7) is 5.87. The van der Waals surface area contributed by atoms with Gasteiger partial charge in [0.15, 0.2) is 0 Å². The average Bonchev–Trinajstić information content (AvgIpc) is 2.42. The molecule has 0 aromatic heterocycles. The first-order valence-electron chi connectivity index (χ1n) is 7.23. The van der Waals surface area contributed by atoms with E-state index in [0.717, 1.165) is 25.0 Å². The highest BCUT2D eigenvalue weighted by molar-refractivity contribution is 5.96. The zero-order valence-electron chi connectivity index (χ0n) is 13.0. The Hall–Kier alpha value is -1.98. The van der Waals surface area contributed by atoms with Crippen molar-refractivity contribution >= 4 is 11.9 Å². The number of halogens is 2. The first kappa shape index (κ1) is 18.1. The summed E-state index contributed by atoms with van der Waals surface area (Å²) in [5.41, 5.74) is -0.319. The lowest BCUT2D eigenvalue weighted by Crippen LogP contribution is -2.40. The molecule has 1 N–H and O–H groups in total. The molecule has 122 valence electrons. The average molecular weight is 313 g/mol. The quantitative estimate of drug-likeness (QED) is 0.622. The number of carbonyl (C=O) groups is 2. The Bertz CT molecular complexity index is 532. The molecule has 0 aliphatic heterocycles. The SMILES string of the molecule is CC(C)CCCOC(=O)C(C)NC(=O)c1ccc(F)cc1F. The summed E-state index contributed by atoms with van der Waals surface area (Å²) in [7, 11) is 0. The van der Waals surface area contributed by atoms with Crippen molar-refractivity contribution in [1.82, 2.24) is 5.32 Å². The molecule has 0 saturated heterocycles. The Morgan fingerprint density at radius 3 is 2.50 bits per heavy atom. The number of benzene rings is 1. The summed E-state index contributed by atoms with van der Waals surface area (Å²) in [6, 6.07) is 1.72. The molecule has 0 spiro atoms. The van der Waals surface area contributed by atoms with E-state index in [-0.39, 0.29) is 12.2 Å². The molecule has 1 unspecified atom stereocenters. The molecule has 1 amide bonds. The second kappa shape index (κ2) is 8.46. The molecule has 0 aliphatic carbocycles. The fourth-order valence-electron chi connectivity index (χ4n) is 1.80. The Balaban J connectivity index is 2.47. The molecule has 1 aromatic rings. The van der Waals surface area contributed by atoms with Gasteiger partial charge in [-0.15, -0.1) is 0 Å². The van der Waals surface area contributed by atoms with Gasteiger partial charge in [0.25, 0.3) is 5.91 Å². The number of hydrogen-bond donors (Lipinski definition) is 1. The predicted molar refractivity (Wildman–Crippen MR) is 78.3 cm³/mol. The smallest absolute Gasteiger partial charge is 0.328 e. The van der Waals surface area contributed by atoms with Crippen molar-refractivity contribution < 1.29 is 23.1 Å². The Labute approximate surface area is 128 Å². The van der Waals surface area contributed by atoms with Crippen molar-refractivity contribution in [3.05, 3.63) is 35.4 Å². The van der Waals surface area contributed by atoms with Crippen LogP contribution in [0.1, 0.15) is 44.0 Å². The van der Waals surface area contributed by atoms with Gasteiger partial charge in [-0.2, -0.15) is 0 Å². The molecule has 0 fully saturated rings. The van der Waals surface area contributed by atoms with Crippen LogP contribution in [0.15, 0.2) is 18.2 Å². The van der Waals surface area contributed by atoms with Crippen molar-refractivity contribution in [2.45, 2.75) is 39.7 Å². The molecule has 4 nitrogen and oxygen atoms in total. The molecule has 0 saturated carbocycles. The van der Waals surface area contributed by atoms with Gasteiger partial charge in [-0.3, -0.25) is 4.79 Å². The number of ether oxygens (including phenoxy) is 1. The molecule has 0 radical (unpaired) electrons. The minimum Gasteiger partial charge on any atom is -0.464 e. The largest absolute Gasteiger partial charge is 0.464 e. The van der Waals surface area contributed by atoms with Crippen LogP contribution in [0.25, 0.3) is 0 Å². The third kappa shape index (κ3) is 5.79. The van der Waals surface area contributed by atoms with Gasteiger partial charge >= 0.3 is 5.97 Å². The number of esters is 1. The summed E-state index contributed by atoms with van der Waals surface area (Å²) >= 11 is 0. The lowest BCUT2D eigenvalue weighted by atomic mass is 10.1. The Morgan fingerprint density at radius 2 is 1.91 bits per heavy atom. The van der Waals surface area contributed by atoms with Crippen molar-refractivity contribution in [3.8, 4) is 0 Å². The van der Waals surface area contributed by atoms with Crippen molar-refractivity contribution in [1.29, 1.82) is 0 Å². The zero-order valence-corrected chi connectivity index (χ0v) is 13.0. The van der Waals surface area contributed by atoms with E-state index in [2.05, 4.69) is 19.2 Å². The molecule has 0 aliphatic rings. The second-order valence-electron chi connectivity index (χ2n) is 5.52. The fraction of sp³-hybridized carbons (Fsp3) is 0.500. The number of hydrogen-bond acceptors (Lipinski definition) is 3. The van der Waals surface area contributed by atoms with Gasteiger partial charge in [0, 0.05) is 6.07 Å². The van der Waals surface area contributed by atoms with Crippen molar-refractivity contribution in [2.24, 2.45) is 5.92 Å². The summed E-state index contributed by atoms with van der Waals surface area (Å²) < 4.78 is 31.3. The van der Waals surface area contributed by atoms with Crippen molar-refractivity contribution in [2.75, 3.05) is 6.61 Å². The fourth-order valence-corrected chi connectivity index (χ4v) is 1.80. The second-order valence-corrected chi connectivity index (χ2v) is 5.52. The highest BCUT2D eigenvalue weighted by atomic mass is 19.1. The molecule has 0 heterocycles. The van der Waals surface area contributed by atoms with Crippen LogP contribution in [0, 0.1) is 17.6 Å². The summed E-state index contributed by atoms with van der Waals surface area (Å²) in [6.07, 6.45) is 1.69. The molecule has 0 bridgehead atoms. The minimum absolute atomic E-state index is 0.280. The van der Waals surface area contributed by atoms with Gasteiger partial charge < -0.3 is 10.1 Å². The van der Waals surface area contributed by atoms with E-state index in [1.165, 1.54) is 6.92 Å². The first-order chi connectivity index (χ1) is 10.3. The molecule has 1 atom stereocenters. The van der Waals surface area contributed by atoms with E-state index in [1.54, 1.807) is 0 Å². The van der Waals surface area contributed by atoms with E-state index in [1.807, 2.05) is 0 Å². The molecule has 22 heavy (non-hydrogen) atoms. The van der Waals surface area contributed by atoms with E-state index in [9.17, 15) is 18.4 Å². The van der Waals surface area contributed by atoms with Gasteiger partial charge in [-0.1, -0.05) is 13.8 Å². The van der Waals surface area contributed by atoms with E-state index >= 15 is 0 Å². The van der Waals surface area contributed by atoms with E-state index < -0.39 is 29.6 Å². The van der Waals surface area contributed by atoms with Gasteiger partial charge in [-0.25, -0.2) is 13.6 Å². The van der Waals surface area contributed by atoms with Crippen LogP contribution in [0.3, 0.4) is 0 Å². The van der Waals surface area contributed by atoms with Crippen LogP contribution < -0.4 is 5.32 Å². The molecule has 1 rings (SSSR count). The van der Waals surface area contributed by atoms with Crippen LogP contribution in [0.4, 0.5) is 8.78 Å². The highest BCUT2D eigenvalue weighted by Gasteiger charge is 2.20. The lowest BCUT2D eigenvalue weighted by Gasteiger charge is -2.14. The van der Waals surface area contributed by atoms with Gasteiger partial charge in [0.1, 0.15) is 17.7 Å². The molecule has 1 aromatic carbocycles. The Kier molecular flexibility index (Phi) is 6.95. The normalized spacial score (nSPS) is 12.1. The van der Waals surface area contributed by atoms with Gasteiger partial charge in [0.2, 0.25) is 0 Å². The van der Waals surface area contributed by atoms with Crippen LogP contribution in [-0.2, 0) is 9.53 Å². The first-order valence-corrected chi connectivity index (χ1v) is 7.23. The van der Waals surface area contributed by atoms with Crippen LogP contribution in [0.2, 0.25) is 0 Å². The standard InChI is InChI=1S/C16H21F2NO3/c1-10(2)5-4-8-22-16(21)11(3)19-15(20)13-7-6-12(17)9-14(13)18/h6-7,9-11H,4-5,8H2,1-3H3,(H,19,20). The van der Waals surface area contributed by atoms with Crippen LogP contribution >= 0.6 is 0 Å². The molecular formula is C16H21F2NO3. The van der Waals surface area contributed by atoms with Gasteiger partial charge in [0.05, 0.1) is 12.2 Å². The summed E-state index contributed by atoms with van der Waals surface area (Å²) in [4.78, 5) is 23.5. The minimum atomic E-state index is -0.977. The molecular weight excluding hydrogens is 292 g/mol. The topological polar surface area (TPSA) is 55.4 Å². The summed E-state index contributed by atoms with van der Waals surface area (Å²) in [5, 5.41) is 2.33. The number of nitrogens with one attached hydrogen (secondary N) is 1. The lowest BCUT2D eigenvalue weighted by molar-refractivity contribution is -0.145. The maximum absolute atomic E-state index is 13.5. The van der Waals surface area contributed by atoms with E-state index in [0.29, 0.717) is 12.0 Å². The van der Waals surface area contributed by atoms with Crippen LogP contribution in [-0.4, -0.2) is 24.5 Å². The third-order valence-corrected chi connectivity index (χ3v) is 3.05. The highest BCUT2D eigenvalue weighted by Crippen LogP contribution is 2.10.